The number of carbonyl (C=O) groups excluding carboxylic acids is 2. The summed E-state index contributed by atoms with van der Waals surface area (Å²) in [5, 5.41) is 29.0. The van der Waals surface area contributed by atoms with E-state index in [1.54, 1.807) is 0 Å². The SMILES string of the molecule is C=CC(=O)OCCc1ccc(C2CC(C)(C)NC(C)(C)C2)c(C(CCCCCCCC(=O)O)(C(=O)O)c2cc(CCOC(=O)C=C)ccc2C2CC(C)(C)NC(C)(C)C2)c1. The lowest BCUT2D eigenvalue weighted by Gasteiger charge is -2.49. The quantitative estimate of drug-likeness (QED) is 0.0544. The molecule has 0 unspecified atom stereocenters. The molecule has 4 rings (SSSR count). The van der Waals surface area contributed by atoms with E-state index in [9.17, 15) is 29.4 Å². The molecule has 0 atom stereocenters. The second kappa shape index (κ2) is 20.1. The summed E-state index contributed by atoms with van der Waals surface area (Å²) in [6, 6.07) is 12.5. The Labute approximate surface area is 359 Å². The summed E-state index contributed by atoms with van der Waals surface area (Å²) in [4.78, 5) is 50.3. The minimum absolute atomic E-state index is 0.0373. The van der Waals surface area contributed by atoms with E-state index >= 15 is 0 Å². The van der Waals surface area contributed by atoms with Gasteiger partial charge in [0.25, 0.3) is 0 Å². The number of carboxylic acid groups (broad SMARTS) is 2. The molecular formula is C50H72N2O8. The lowest BCUT2D eigenvalue weighted by Crippen LogP contribution is -2.57. The molecule has 0 saturated carbocycles. The third kappa shape index (κ3) is 13.1. The molecule has 0 bridgehead atoms. The zero-order chi connectivity index (χ0) is 44.5. The van der Waals surface area contributed by atoms with Gasteiger partial charge < -0.3 is 30.3 Å². The van der Waals surface area contributed by atoms with Crippen molar-refractivity contribution in [1.82, 2.24) is 10.6 Å². The minimum Gasteiger partial charge on any atom is -0.481 e. The van der Waals surface area contributed by atoms with Crippen LogP contribution < -0.4 is 10.6 Å². The summed E-state index contributed by atoms with van der Waals surface area (Å²) in [6.07, 6.45) is 10.2. The average Bonchev–Trinajstić information content (AvgIpc) is 3.13. The lowest BCUT2D eigenvalue weighted by molar-refractivity contribution is -0.143. The number of carbonyl (C=O) groups is 4. The molecule has 2 heterocycles. The van der Waals surface area contributed by atoms with Crippen molar-refractivity contribution < 1.29 is 38.9 Å². The van der Waals surface area contributed by atoms with Crippen LogP contribution in [0.4, 0.5) is 0 Å². The zero-order valence-electron chi connectivity index (χ0n) is 37.6. The third-order valence-corrected chi connectivity index (χ3v) is 12.3. The van der Waals surface area contributed by atoms with E-state index in [2.05, 4.69) is 116 Å². The highest BCUT2D eigenvalue weighted by atomic mass is 16.5. The largest absolute Gasteiger partial charge is 0.481 e. The van der Waals surface area contributed by atoms with Gasteiger partial charge in [-0.25, -0.2) is 9.59 Å². The number of carboxylic acids is 2. The number of ether oxygens (including phenoxy) is 2. The first kappa shape index (κ1) is 48.4. The van der Waals surface area contributed by atoms with E-state index < -0.39 is 29.3 Å². The Kier molecular flexibility index (Phi) is 16.2. The van der Waals surface area contributed by atoms with E-state index in [0.717, 1.165) is 90.5 Å². The van der Waals surface area contributed by atoms with E-state index in [4.69, 9.17) is 9.47 Å². The maximum Gasteiger partial charge on any atom is 0.330 e. The monoisotopic (exact) mass is 829 g/mol. The minimum atomic E-state index is -1.49. The zero-order valence-corrected chi connectivity index (χ0v) is 37.6. The molecule has 0 radical (unpaired) electrons. The molecule has 60 heavy (non-hydrogen) atoms. The average molecular weight is 829 g/mol. The Morgan fingerprint density at radius 2 is 1.03 bits per heavy atom. The van der Waals surface area contributed by atoms with Crippen molar-refractivity contribution in [3.63, 3.8) is 0 Å². The van der Waals surface area contributed by atoms with E-state index in [-0.39, 0.29) is 53.6 Å². The molecule has 10 nitrogen and oxygen atoms in total. The standard InChI is InChI=1S/C50H72N2O8/c1-11-43(55)59-26-23-34-19-21-38(36-30-46(3,4)51-47(5,6)31-36)40(28-34)50(45(57)58,25-17-15-13-14-16-18-42(53)54)41-29-35(24-27-60-44(56)12-2)20-22-39(41)37-32-48(7,8)52-49(9,10)33-37/h11-12,19-22,28-29,36-37,51-52H,1-2,13-18,23-27,30-33H2,3-10H3,(H,53,54)(H,57,58). The van der Waals surface area contributed by atoms with Gasteiger partial charge in [0.05, 0.1) is 13.2 Å². The topological polar surface area (TPSA) is 151 Å². The fourth-order valence-corrected chi connectivity index (χ4v) is 10.7. The first-order valence-electron chi connectivity index (χ1n) is 21.9. The van der Waals surface area contributed by atoms with Gasteiger partial charge in [-0.05, 0) is 139 Å². The Morgan fingerprint density at radius 3 is 1.40 bits per heavy atom. The molecule has 2 aliphatic rings. The van der Waals surface area contributed by atoms with E-state index in [1.165, 1.54) is 0 Å². The van der Waals surface area contributed by atoms with Gasteiger partial charge >= 0.3 is 23.9 Å². The van der Waals surface area contributed by atoms with Crippen LogP contribution in [0.5, 0.6) is 0 Å². The predicted octanol–water partition coefficient (Wildman–Crippen LogP) is 9.46. The highest BCUT2D eigenvalue weighted by molar-refractivity contribution is 5.88. The van der Waals surface area contributed by atoms with Crippen molar-refractivity contribution in [2.75, 3.05) is 13.2 Å². The number of esters is 2. The summed E-state index contributed by atoms with van der Waals surface area (Å²) in [7, 11) is 0. The molecule has 2 fully saturated rings. The molecule has 330 valence electrons. The van der Waals surface area contributed by atoms with Crippen molar-refractivity contribution in [2.24, 2.45) is 0 Å². The van der Waals surface area contributed by atoms with Crippen LogP contribution in [-0.4, -0.2) is 69.5 Å². The van der Waals surface area contributed by atoms with Crippen LogP contribution in [0.1, 0.15) is 171 Å². The molecule has 2 aliphatic heterocycles. The number of benzene rings is 2. The fraction of sp³-hybridized carbons (Fsp3) is 0.600. The van der Waals surface area contributed by atoms with Gasteiger partial charge in [0.15, 0.2) is 0 Å². The van der Waals surface area contributed by atoms with Gasteiger partial charge in [0, 0.05) is 53.6 Å². The smallest absolute Gasteiger partial charge is 0.330 e. The van der Waals surface area contributed by atoms with Gasteiger partial charge in [-0.3, -0.25) is 9.59 Å². The van der Waals surface area contributed by atoms with Crippen LogP contribution in [-0.2, 0) is 46.9 Å². The number of nitrogens with one attached hydrogen (secondary N) is 2. The summed E-state index contributed by atoms with van der Waals surface area (Å²) >= 11 is 0. The number of hydrogen-bond donors (Lipinski definition) is 4. The molecule has 2 aromatic rings. The van der Waals surface area contributed by atoms with Crippen molar-refractivity contribution in [1.29, 1.82) is 0 Å². The van der Waals surface area contributed by atoms with Crippen LogP contribution in [0.3, 0.4) is 0 Å². The van der Waals surface area contributed by atoms with Gasteiger partial charge in [-0.1, -0.05) is 75.2 Å². The molecule has 2 saturated heterocycles. The second-order valence-electron chi connectivity index (χ2n) is 20.0. The maximum atomic E-state index is 14.9. The number of hydrogen-bond acceptors (Lipinski definition) is 8. The molecule has 0 spiro atoms. The van der Waals surface area contributed by atoms with Crippen LogP contribution in [0.2, 0.25) is 0 Å². The van der Waals surface area contributed by atoms with Gasteiger partial charge in [-0.2, -0.15) is 0 Å². The Bertz CT molecular complexity index is 1730. The molecular weight excluding hydrogens is 757 g/mol. The molecule has 0 aliphatic carbocycles. The highest BCUT2D eigenvalue weighted by Crippen LogP contribution is 2.51. The van der Waals surface area contributed by atoms with Crippen LogP contribution in [0.15, 0.2) is 61.7 Å². The van der Waals surface area contributed by atoms with E-state index in [1.807, 2.05) is 0 Å². The van der Waals surface area contributed by atoms with Gasteiger partial charge in [0.1, 0.15) is 5.41 Å². The van der Waals surface area contributed by atoms with Crippen LogP contribution in [0, 0.1) is 0 Å². The summed E-state index contributed by atoms with van der Waals surface area (Å²) in [5.41, 5.74) is 2.91. The maximum absolute atomic E-state index is 14.9. The summed E-state index contributed by atoms with van der Waals surface area (Å²) < 4.78 is 10.9. The van der Waals surface area contributed by atoms with Gasteiger partial charge in [-0.15, -0.1) is 0 Å². The fourth-order valence-electron chi connectivity index (χ4n) is 10.7. The second-order valence-corrected chi connectivity index (χ2v) is 20.0. The Balaban J connectivity index is 2.04. The van der Waals surface area contributed by atoms with Crippen molar-refractivity contribution in [3.8, 4) is 0 Å². The summed E-state index contributed by atoms with van der Waals surface area (Å²) in [6.45, 7) is 25.0. The third-order valence-electron chi connectivity index (χ3n) is 12.3. The van der Waals surface area contributed by atoms with E-state index in [0.29, 0.717) is 32.1 Å². The number of rotatable bonds is 21. The van der Waals surface area contributed by atoms with Crippen LogP contribution >= 0.6 is 0 Å². The predicted molar refractivity (Wildman–Crippen MR) is 238 cm³/mol. The number of piperidine rings is 2. The Morgan fingerprint density at radius 1 is 0.650 bits per heavy atom. The Hall–Kier alpha value is -4.28. The molecule has 10 heteroatoms. The molecule has 2 aromatic carbocycles. The van der Waals surface area contributed by atoms with Gasteiger partial charge in [0.2, 0.25) is 0 Å². The van der Waals surface area contributed by atoms with Crippen molar-refractivity contribution >= 4 is 23.9 Å². The molecule has 0 aromatic heterocycles. The summed E-state index contributed by atoms with van der Waals surface area (Å²) in [5.74, 6) is -2.69. The van der Waals surface area contributed by atoms with Crippen LogP contribution in [0.25, 0.3) is 0 Å². The molecule has 0 amide bonds. The molecule has 4 N–H and O–H groups in total. The normalized spacial score (nSPS) is 18.6. The highest BCUT2D eigenvalue weighted by Gasteiger charge is 2.49. The first-order chi connectivity index (χ1) is 28.0. The number of unbranched alkanes of at least 4 members (excludes halogenated alkanes) is 4. The van der Waals surface area contributed by atoms with Crippen molar-refractivity contribution in [2.45, 2.75) is 178 Å². The lowest BCUT2D eigenvalue weighted by atomic mass is 9.62. The number of aliphatic carboxylic acids is 2. The van der Waals surface area contributed by atoms with Crippen molar-refractivity contribution in [3.05, 3.63) is 95.1 Å². The first-order valence-corrected chi connectivity index (χ1v) is 21.9.